The zero-order valence-electron chi connectivity index (χ0n) is 14.9. The first kappa shape index (κ1) is 19.7. The van der Waals surface area contributed by atoms with Crippen molar-refractivity contribution in [2.45, 2.75) is 37.0 Å². The molecule has 148 valence electrons. The van der Waals surface area contributed by atoms with Crippen LogP contribution in [0.15, 0.2) is 23.1 Å². The summed E-state index contributed by atoms with van der Waals surface area (Å²) >= 11 is 0. The Morgan fingerprint density at radius 2 is 1.85 bits per heavy atom. The van der Waals surface area contributed by atoms with Crippen LogP contribution in [0.5, 0.6) is 5.75 Å². The summed E-state index contributed by atoms with van der Waals surface area (Å²) in [7, 11) is -3.80. The van der Waals surface area contributed by atoms with Gasteiger partial charge in [0.15, 0.2) is 0 Å². The van der Waals surface area contributed by atoms with Gasteiger partial charge in [-0.1, -0.05) is 6.42 Å². The normalized spacial score (nSPS) is 19.6. The van der Waals surface area contributed by atoms with E-state index >= 15 is 0 Å². The molecule has 1 aromatic rings. The predicted molar refractivity (Wildman–Crippen MR) is 96.9 cm³/mol. The molecule has 0 radical (unpaired) electrons. The quantitative estimate of drug-likeness (QED) is 0.347. The Labute approximate surface area is 157 Å². The molecule has 2 aliphatic rings. The number of nitrogens with zero attached hydrogens (tertiary/aromatic N) is 2. The Kier molecular flexibility index (Phi) is 6.08. The summed E-state index contributed by atoms with van der Waals surface area (Å²) in [5, 5.41) is 14.6. The van der Waals surface area contributed by atoms with Gasteiger partial charge in [-0.05, 0) is 50.9 Å². The van der Waals surface area contributed by atoms with E-state index in [1.54, 1.807) is 0 Å². The van der Waals surface area contributed by atoms with Crippen molar-refractivity contribution in [2.75, 3.05) is 26.2 Å². The first-order valence-corrected chi connectivity index (χ1v) is 10.5. The smallest absolute Gasteiger partial charge is 0.314 e. The molecule has 9 nitrogen and oxygen atoms in total. The summed E-state index contributed by atoms with van der Waals surface area (Å²) in [6.45, 7) is 2.19. The van der Waals surface area contributed by atoms with Crippen LogP contribution in [0, 0.1) is 16.0 Å². The number of rotatable bonds is 5. The van der Waals surface area contributed by atoms with E-state index in [9.17, 15) is 23.3 Å². The number of ether oxygens (including phenoxy) is 1. The Morgan fingerprint density at radius 3 is 2.48 bits per heavy atom. The molecule has 0 unspecified atom stereocenters. The SMILES string of the molecule is O=C(Oc1ccc(S(=O)(=O)N2CCCCC2)cc1[N+](=O)[O-])C1CCNCC1. The van der Waals surface area contributed by atoms with Crippen molar-refractivity contribution in [3.63, 3.8) is 0 Å². The largest absolute Gasteiger partial charge is 0.419 e. The lowest BCUT2D eigenvalue weighted by Crippen LogP contribution is -2.35. The van der Waals surface area contributed by atoms with Gasteiger partial charge in [0.05, 0.1) is 15.7 Å². The molecule has 1 N–H and O–H groups in total. The van der Waals surface area contributed by atoms with Crippen molar-refractivity contribution in [2.24, 2.45) is 5.92 Å². The van der Waals surface area contributed by atoms with Gasteiger partial charge in [0.1, 0.15) is 0 Å². The van der Waals surface area contributed by atoms with Gasteiger partial charge in [0.25, 0.3) is 0 Å². The Balaban J connectivity index is 1.84. The number of hydrogen-bond acceptors (Lipinski definition) is 7. The number of hydrogen-bond donors (Lipinski definition) is 1. The second-order valence-corrected chi connectivity index (χ2v) is 8.73. The van der Waals surface area contributed by atoms with Gasteiger partial charge in [-0.2, -0.15) is 4.31 Å². The highest BCUT2D eigenvalue weighted by atomic mass is 32.2. The van der Waals surface area contributed by atoms with Gasteiger partial charge in [-0.3, -0.25) is 14.9 Å². The van der Waals surface area contributed by atoms with Gasteiger partial charge in [-0.15, -0.1) is 0 Å². The number of benzene rings is 1. The fraction of sp³-hybridized carbons (Fsp3) is 0.588. The molecule has 2 aliphatic heterocycles. The van der Waals surface area contributed by atoms with Crippen LogP contribution in [-0.2, 0) is 14.8 Å². The van der Waals surface area contributed by atoms with Crippen LogP contribution < -0.4 is 10.1 Å². The summed E-state index contributed by atoms with van der Waals surface area (Å²) < 4.78 is 32.0. The van der Waals surface area contributed by atoms with E-state index in [-0.39, 0.29) is 16.6 Å². The Bertz CT molecular complexity index is 814. The molecule has 0 spiro atoms. The van der Waals surface area contributed by atoms with Gasteiger partial charge < -0.3 is 10.1 Å². The summed E-state index contributed by atoms with van der Waals surface area (Å²) in [4.78, 5) is 22.8. The molecule has 2 fully saturated rings. The number of carbonyl (C=O) groups excluding carboxylic acids is 1. The maximum absolute atomic E-state index is 12.7. The second kappa shape index (κ2) is 8.32. The molecule has 2 heterocycles. The van der Waals surface area contributed by atoms with Crippen molar-refractivity contribution < 1.29 is 22.9 Å². The first-order valence-electron chi connectivity index (χ1n) is 9.10. The lowest BCUT2D eigenvalue weighted by molar-refractivity contribution is -0.385. The van der Waals surface area contributed by atoms with Crippen LogP contribution in [0.4, 0.5) is 5.69 Å². The fourth-order valence-corrected chi connectivity index (χ4v) is 4.93. The highest BCUT2D eigenvalue weighted by Crippen LogP contribution is 2.32. The molecule has 0 saturated carbocycles. The third-order valence-electron chi connectivity index (χ3n) is 4.96. The monoisotopic (exact) mass is 397 g/mol. The summed E-state index contributed by atoms with van der Waals surface area (Å²) in [6, 6.07) is 3.45. The molecule has 0 aliphatic carbocycles. The van der Waals surface area contributed by atoms with E-state index in [0.717, 1.165) is 25.3 Å². The highest BCUT2D eigenvalue weighted by molar-refractivity contribution is 7.89. The van der Waals surface area contributed by atoms with Crippen LogP contribution in [0.2, 0.25) is 0 Å². The summed E-state index contributed by atoms with van der Waals surface area (Å²) in [5.74, 6) is -1.06. The number of esters is 1. The van der Waals surface area contributed by atoms with E-state index in [1.165, 1.54) is 16.4 Å². The Hall–Kier alpha value is -2.04. The van der Waals surface area contributed by atoms with Crippen LogP contribution >= 0.6 is 0 Å². The maximum Gasteiger partial charge on any atom is 0.314 e. The van der Waals surface area contributed by atoms with Crippen molar-refractivity contribution in [3.8, 4) is 5.75 Å². The molecular formula is C17H23N3O6S. The zero-order chi connectivity index (χ0) is 19.4. The Morgan fingerprint density at radius 1 is 1.19 bits per heavy atom. The van der Waals surface area contributed by atoms with E-state index in [2.05, 4.69) is 5.32 Å². The summed E-state index contributed by atoms with van der Waals surface area (Å²) in [5.41, 5.74) is -0.518. The van der Waals surface area contributed by atoms with E-state index in [0.29, 0.717) is 39.0 Å². The van der Waals surface area contributed by atoms with Crippen LogP contribution in [-0.4, -0.2) is 49.8 Å². The van der Waals surface area contributed by atoms with Gasteiger partial charge >= 0.3 is 11.7 Å². The van der Waals surface area contributed by atoms with Crippen LogP contribution in [0.3, 0.4) is 0 Å². The van der Waals surface area contributed by atoms with Crippen molar-refractivity contribution in [3.05, 3.63) is 28.3 Å². The minimum atomic E-state index is -3.80. The topological polar surface area (TPSA) is 119 Å². The number of nitrogens with one attached hydrogen (secondary N) is 1. The maximum atomic E-state index is 12.7. The molecule has 27 heavy (non-hydrogen) atoms. The average Bonchev–Trinajstić information content (AvgIpc) is 2.69. The van der Waals surface area contributed by atoms with E-state index in [4.69, 9.17) is 4.74 Å². The van der Waals surface area contributed by atoms with Gasteiger partial charge in [0, 0.05) is 19.2 Å². The third kappa shape index (κ3) is 4.45. The third-order valence-corrected chi connectivity index (χ3v) is 6.86. The summed E-state index contributed by atoms with van der Waals surface area (Å²) in [6.07, 6.45) is 3.72. The molecule has 1 aromatic carbocycles. The lowest BCUT2D eigenvalue weighted by Gasteiger charge is -2.25. The molecule has 3 rings (SSSR count). The van der Waals surface area contributed by atoms with Crippen molar-refractivity contribution in [1.29, 1.82) is 0 Å². The predicted octanol–water partition coefficient (Wildman–Crippen LogP) is 1.67. The number of carbonyl (C=O) groups is 1. The van der Waals surface area contributed by atoms with E-state index < -0.39 is 26.6 Å². The van der Waals surface area contributed by atoms with Gasteiger partial charge in [-0.25, -0.2) is 8.42 Å². The molecular weight excluding hydrogens is 374 g/mol. The first-order chi connectivity index (χ1) is 12.9. The molecule has 0 amide bonds. The lowest BCUT2D eigenvalue weighted by atomic mass is 9.98. The molecule has 2 saturated heterocycles. The highest BCUT2D eigenvalue weighted by Gasteiger charge is 2.30. The number of sulfonamides is 1. The van der Waals surface area contributed by atoms with Crippen molar-refractivity contribution >= 4 is 21.7 Å². The minimum Gasteiger partial charge on any atom is -0.419 e. The number of nitro groups is 1. The van der Waals surface area contributed by atoms with E-state index in [1.807, 2.05) is 0 Å². The zero-order valence-corrected chi connectivity index (χ0v) is 15.7. The van der Waals surface area contributed by atoms with Gasteiger partial charge in [0.2, 0.25) is 15.8 Å². The number of nitro benzene ring substituents is 1. The average molecular weight is 397 g/mol. The molecule has 0 aromatic heterocycles. The van der Waals surface area contributed by atoms with Crippen LogP contribution in [0.1, 0.15) is 32.1 Å². The van der Waals surface area contributed by atoms with Crippen LogP contribution in [0.25, 0.3) is 0 Å². The molecule has 0 atom stereocenters. The second-order valence-electron chi connectivity index (χ2n) is 6.80. The standard InChI is InChI=1S/C17H23N3O6S/c21-17(13-6-8-18-9-7-13)26-16-5-4-14(12-15(16)20(22)23)27(24,25)19-10-2-1-3-11-19/h4-5,12-13,18H,1-3,6-11H2. The number of piperidine rings is 2. The fourth-order valence-electron chi connectivity index (χ4n) is 3.39. The minimum absolute atomic E-state index is 0.155. The molecule has 10 heteroatoms. The molecule has 0 bridgehead atoms. The van der Waals surface area contributed by atoms with Crippen molar-refractivity contribution in [1.82, 2.24) is 9.62 Å².